The number of rotatable bonds is 3. The van der Waals surface area contributed by atoms with E-state index in [9.17, 15) is 4.79 Å². The molecule has 0 amide bonds. The van der Waals surface area contributed by atoms with E-state index in [0.717, 1.165) is 6.26 Å². The van der Waals surface area contributed by atoms with Gasteiger partial charge >= 0.3 is 5.97 Å². The average Bonchev–Trinajstić information content (AvgIpc) is 2.82. The van der Waals surface area contributed by atoms with Gasteiger partial charge < -0.3 is 14.6 Å². The molecule has 11 heavy (non-hydrogen) atoms. The molecular weight excluding hydrogens is 148 g/mol. The monoisotopic (exact) mass is 158 g/mol. The summed E-state index contributed by atoms with van der Waals surface area (Å²) in [6.45, 7) is 0.661. The molecule has 0 spiro atoms. The predicted molar refractivity (Wildman–Crippen MR) is 37.1 cm³/mol. The zero-order valence-electron chi connectivity index (χ0n) is 6.24. The number of ether oxygens (including phenoxy) is 2. The lowest BCUT2D eigenvalue weighted by Crippen LogP contribution is -2.07. The minimum atomic E-state index is -0.497. The van der Waals surface area contributed by atoms with Crippen molar-refractivity contribution >= 4 is 5.97 Å². The van der Waals surface area contributed by atoms with Gasteiger partial charge in [-0.1, -0.05) is 0 Å². The zero-order valence-corrected chi connectivity index (χ0v) is 6.24. The van der Waals surface area contributed by atoms with Gasteiger partial charge in [0.15, 0.2) is 0 Å². The van der Waals surface area contributed by atoms with Crippen LogP contribution in [0.5, 0.6) is 0 Å². The van der Waals surface area contributed by atoms with Gasteiger partial charge in [-0.05, 0) is 0 Å². The second-order valence-electron chi connectivity index (χ2n) is 2.31. The second-order valence-corrected chi connectivity index (χ2v) is 2.31. The molecule has 1 aliphatic rings. The first-order chi connectivity index (χ1) is 5.27. The Morgan fingerprint density at radius 1 is 1.91 bits per heavy atom. The fraction of sp³-hybridized carbons (Fsp3) is 0.571. The first-order valence-electron chi connectivity index (χ1n) is 3.31. The third kappa shape index (κ3) is 2.23. The molecule has 1 N–H and O–H groups in total. The van der Waals surface area contributed by atoms with Gasteiger partial charge in [0.2, 0.25) is 0 Å². The molecule has 4 heteroatoms. The molecule has 1 atom stereocenters. The maximum Gasteiger partial charge on any atom is 0.336 e. The van der Waals surface area contributed by atoms with Crippen LogP contribution in [0.2, 0.25) is 0 Å². The molecule has 1 fully saturated rings. The van der Waals surface area contributed by atoms with E-state index in [1.165, 1.54) is 7.11 Å². The highest BCUT2D eigenvalue weighted by molar-refractivity contribution is 5.88. The lowest BCUT2D eigenvalue weighted by Gasteiger charge is -1.99. The Morgan fingerprint density at radius 2 is 2.55 bits per heavy atom. The highest BCUT2D eigenvalue weighted by atomic mass is 16.6. The Labute approximate surface area is 64.4 Å². The van der Waals surface area contributed by atoms with Crippen LogP contribution in [0.1, 0.15) is 6.42 Å². The lowest BCUT2D eigenvalue weighted by molar-refractivity contribution is -0.136. The number of carbonyl (C=O) groups excluding carboxylic acids is 1. The van der Waals surface area contributed by atoms with Gasteiger partial charge in [-0.15, -0.1) is 0 Å². The number of aliphatic hydroxyl groups is 1. The van der Waals surface area contributed by atoms with E-state index in [0.29, 0.717) is 13.0 Å². The molecule has 0 aliphatic carbocycles. The number of methoxy groups -OCH3 is 1. The van der Waals surface area contributed by atoms with Crippen LogP contribution in [-0.2, 0) is 14.3 Å². The van der Waals surface area contributed by atoms with Crippen LogP contribution in [0.3, 0.4) is 0 Å². The standard InChI is InChI=1S/C7H10O4/c1-10-7(9)5(3-8)2-6-4-11-6/h3,6,8H,2,4H2,1H3. The third-order valence-electron chi connectivity index (χ3n) is 1.45. The molecule has 1 aliphatic heterocycles. The smallest absolute Gasteiger partial charge is 0.336 e. The summed E-state index contributed by atoms with van der Waals surface area (Å²) in [5.74, 6) is -0.497. The van der Waals surface area contributed by atoms with E-state index in [1.807, 2.05) is 0 Å². The number of carbonyl (C=O) groups is 1. The van der Waals surface area contributed by atoms with Crippen molar-refractivity contribution in [2.75, 3.05) is 13.7 Å². The number of aliphatic hydroxyl groups excluding tert-OH is 1. The minimum Gasteiger partial charge on any atom is -0.515 e. The van der Waals surface area contributed by atoms with E-state index < -0.39 is 5.97 Å². The lowest BCUT2D eigenvalue weighted by atomic mass is 10.2. The number of hydrogen-bond donors (Lipinski definition) is 1. The summed E-state index contributed by atoms with van der Waals surface area (Å²) in [6.07, 6.45) is 1.30. The van der Waals surface area contributed by atoms with Crippen LogP contribution in [0.15, 0.2) is 11.8 Å². The van der Waals surface area contributed by atoms with Crippen molar-refractivity contribution in [3.05, 3.63) is 11.8 Å². The predicted octanol–water partition coefficient (Wildman–Crippen LogP) is 0.390. The molecule has 0 aromatic rings. The van der Waals surface area contributed by atoms with Crippen molar-refractivity contribution in [1.29, 1.82) is 0 Å². The van der Waals surface area contributed by atoms with E-state index >= 15 is 0 Å². The van der Waals surface area contributed by atoms with Gasteiger partial charge in [-0.3, -0.25) is 0 Å². The molecular formula is C7H10O4. The van der Waals surface area contributed by atoms with Crippen LogP contribution in [0, 0.1) is 0 Å². The first-order valence-corrected chi connectivity index (χ1v) is 3.31. The molecule has 4 nitrogen and oxygen atoms in total. The van der Waals surface area contributed by atoms with Crippen molar-refractivity contribution in [3.8, 4) is 0 Å². The van der Waals surface area contributed by atoms with Gasteiger partial charge in [0, 0.05) is 6.42 Å². The molecule has 62 valence electrons. The fourth-order valence-electron chi connectivity index (χ4n) is 0.751. The average molecular weight is 158 g/mol. The van der Waals surface area contributed by atoms with Crippen LogP contribution in [0.4, 0.5) is 0 Å². The molecule has 0 bridgehead atoms. The van der Waals surface area contributed by atoms with E-state index in [1.54, 1.807) is 0 Å². The maximum absolute atomic E-state index is 10.8. The molecule has 0 radical (unpaired) electrons. The topological polar surface area (TPSA) is 59.1 Å². The first kappa shape index (κ1) is 8.07. The Morgan fingerprint density at radius 3 is 2.91 bits per heavy atom. The van der Waals surface area contributed by atoms with Crippen LogP contribution < -0.4 is 0 Å². The molecule has 1 saturated heterocycles. The number of esters is 1. The molecule has 1 unspecified atom stereocenters. The van der Waals surface area contributed by atoms with Crippen molar-refractivity contribution < 1.29 is 19.4 Å². The summed E-state index contributed by atoms with van der Waals surface area (Å²) < 4.78 is 9.28. The number of epoxide rings is 1. The van der Waals surface area contributed by atoms with E-state index in [-0.39, 0.29) is 11.7 Å². The molecule has 1 rings (SSSR count). The van der Waals surface area contributed by atoms with E-state index in [2.05, 4.69) is 4.74 Å². The summed E-state index contributed by atoms with van der Waals surface area (Å²) >= 11 is 0. The molecule has 1 heterocycles. The van der Waals surface area contributed by atoms with E-state index in [4.69, 9.17) is 9.84 Å². The highest BCUT2D eigenvalue weighted by Gasteiger charge is 2.26. The zero-order chi connectivity index (χ0) is 8.27. The van der Waals surface area contributed by atoms with Crippen molar-refractivity contribution in [1.82, 2.24) is 0 Å². The third-order valence-corrected chi connectivity index (χ3v) is 1.45. The number of hydrogen-bond acceptors (Lipinski definition) is 4. The Bertz CT molecular complexity index is 181. The summed E-state index contributed by atoms with van der Waals surface area (Å²) in [7, 11) is 1.28. The fourth-order valence-corrected chi connectivity index (χ4v) is 0.751. The van der Waals surface area contributed by atoms with Gasteiger partial charge in [0.1, 0.15) is 0 Å². The summed E-state index contributed by atoms with van der Waals surface area (Å²) in [5.41, 5.74) is 0.259. The summed E-state index contributed by atoms with van der Waals surface area (Å²) in [6, 6.07) is 0. The Balaban J connectivity index is 2.41. The molecule has 0 aromatic carbocycles. The Hall–Kier alpha value is -1.03. The van der Waals surface area contributed by atoms with Gasteiger partial charge in [0.25, 0.3) is 0 Å². The van der Waals surface area contributed by atoms with Crippen LogP contribution in [-0.4, -0.2) is 30.9 Å². The van der Waals surface area contributed by atoms with Crippen molar-refractivity contribution in [2.45, 2.75) is 12.5 Å². The molecule has 0 saturated carbocycles. The minimum absolute atomic E-state index is 0.0903. The van der Waals surface area contributed by atoms with Crippen LogP contribution >= 0.6 is 0 Å². The van der Waals surface area contributed by atoms with Gasteiger partial charge in [0.05, 0.1) is 31.7 Å². The second kappa shape index (κ2) is 3.39. The van der Waals surface area contributed by atoms with Crippen molar-refractivity contribution in [3.63, 3.8) is 0 Å². The largest absolute Gasteiger partial charge is 0.515 e. The summed E-state index contributed by atoms with van der Waals surface area (Å²) in [4.78, 5) is 10.8. The quantitative estimate of drug-likeness (QED) is 0.279. The van der Waals surface area contributed by atoms with Crippen molar-refractivity contribution in [2.24, 2.45) is 0 Å². The molecule has 0 aromatic heterocycles. The Kier molecular flexibility index (Phi) is 2.48. The summed E-state index contributed by atoms with van der Waals surface area (Å²) in [5, 5.41) is 8.59. The van der Waals surface area contributed by atoms with Crippen LogP contribution in [0.25, 0.3) is 0 Å². The van der Waals surface area contributed by atoms with Gasteiger partial charge in [-0.25, -0.2) is 4.79 Å². The highest BCUT2D eigenvalue weighted by Crippen LogP contribution is 2.19. The normalized spacial score (nSPS) is 23.0. The van der Waals surface area contributed by atoms with Gasteiger partial charge in [-0.2, -0.15) is 0 Å². The SMILES string of the molecule is COC(=O)C(=CO)CC1CO1. The maximum atomic E-state index is 10.8.